The summed E-state index contributed by atoms with van der Waals surface area (Å²) in [6.45, 7) is 0. The van der Waals surface area contributed by atoms with Gasteiger partial charge in [0, 0.05) is 10.9 Å². The van der Waals surface area contributed by atoms with Crippen LogP contribution in [-0.2, 0) is 4.79 Å². The SMILES string of the molecule is O=C(O)CC(c1ccccc1)c1ccc(Cl)cc1. The van der Waals surface area contributed by atoms with E-state index in [1.807, 2.05) is 42.5 Å². The topological polar surface area (TPSA) is 37.3 Å². The fraction of sp³-hybridized carbons (Fsp3) is 0.133. The largest absolute Gasteiger partial charge is 0.481 e. The average Bonchev–Trinajstić information content (AvgIpc) is 2.38. The summed E-state index contributed by atoms with van der Waals surface area (Å²) in [5, 5.41) is 9.69. The van der Waals surface area contributed by atoms with Crippen molar-refractivity contribution in [2.75, 3.05) is 0 Å². The molecule has 1 N–H and O–H groups in total. The number of hydrogen-bond acceptors (Lipinski definition) is 1. The third kappa shape index (κ3) is 3.11. The van der Waals surface area contributed by atoms with Crippen LogP contribution in [0.25, 0.3) is 0 Å². The normalized spacial score (nSPS) is 12.1. The van der Waals surface area contributed by atoms with Crippen LogP contribution in [0.2, 0.25) is 5.02 Å². The van der Waals surface area contributed by atoms with Crippen molar-refractivity contribution in [3.05, 3.63) is 70.7 Å². The molecule has 2 aromatic rings. The highest BCUT2D eigenvalue weighted by molar-refractivity contribution is 6.30. The Kier molecular flexibility index (Phi) is 4.00. The molecule has 0 radical (unpaired) electrons. The first-order valence-corrected chi connectivity index (χ1v) is 6.07. The quantitative estimate of drug-likeness (QED) is 0.904. The lowest BCUT2D eigenvalue weighted by Crippen LogP contribution is -2.07. The molecule has 0 aliphatic rings. The smallest absolute Gasteiger partial charge is 0.304 e. The van der Waals surface area contributed by atoms with Crippen molar-refractivity contribution >= 4 is 17.6 Å². The van der Waals surface area contributed by atoms with Crippen LogP contribution in [0.4, 0.5) is 0 Å². The molecule has 0 aliphatic carbocycles. The second kappa shape index (κ2) is 5.69. The minimum absolute atomic E-state index is 0.0750. The number of aliphatic carboxylic acids is 1. The summed E-state index contributed by atoms with van der Waals surface area (Å²) >= 11 is 5.85. The lowest BCUT2D eigenvalue weighted by Gasteiger charge is -2.16. The molecule has 0 spiro atoms. The highest BCUT2D eigenvalue weighted by Crippen LogP contribution is 2.28. The van der Waals surface area contributed by atoms with E-state index in [4.69, 9.17) is 16.7 Å². The zero-order valence-corrected chi connectivity index (χ0v) is 10.5. The van der Waals surface area contributed by atoms with E-state index < -0.39 is 5.97 Å². The first kappa shape index (κ1) is 12.7. The minimum Gasteiger partial charge on any atom is -0.481 e. The fourth-order valence-electron chi connectivity index (χ4n) is 1.98. The van der Waals surface area contributed by atoms with Gasteiger partial charge in [0.05, 0.1) is 6.42 Å². The van der Waals surface area contributed by atoms with Gasteiger partial charge in [0.1, 0.15) is 0 Å². The fourth-order valence-corrected chi connectivity index (χ4v) is 2.11. The van der Waals surface area contributed by atoms with Gasteiger partial charge in [0.25, 0.3) is 0 Å². The van der Waals surface area contributed by atoms with E-state index in [1.54, 1.807) is 12.1 Å². The van der Waals surface area contributed by atoms with Crippen molar-refractivity contribution in [2.24, 2.45) is 0 Å². The zero-order valence-electron chi connectivity index (χ0n) is 9.71. The van der Waals surface area contributed by atoms with Crippen LogP contribution in [0.1, 0.15) is 23.5 Å². The summed E-state index contributed by atoms with van der Waals surface area (Å²) in [6.07, 6.45) is 0.0750. The summed E-state index contributed by atoms with van der Waals surface area (Å²) in [7, 11) is 0. The predicted octanol–water partition coefficient (Wildman–Crippen LogP) is 3.95. The van der Waals surface area contributed by atoms with Crippen LogP contribution in [0.15, 0.2) is 54.6 Å². The van der Waals surface area contributed by atoms with Crippen molar-refractivity contribution in [3.8, 4) is 0 Å². The van der Waals surface area contributed by atoms with E-state index in [-0.39, 0.29) is 12.3 Å². The number of carboxylic acid groups (broad SMARTS) is 1. The Morgan fingerprint density at radius 1 is 1.00 bits per heavy atom. The van der Waals surface area contributed by atoms with Crippen LogP contribution in [0.5, 0.6) is 0 Å². The Bertz CT molecular complexity index is 520. The molecule has 2 nitrogen and oxygen atoms in total. The van der Waals surface area contributed by atoms with Crippen molar-refractivity contribution in [1.82, 2.24) is 0 Å². The standard InChI is InChI=1S/C15H13ClO2/c16-13-8-6-12(7-9-13)14(10-15(17)18)11-4-2-1-3-5-11/h1-9,14H,10H2,(H,17,18). The molecule has 0 amide bonds. The van der Waals surface area contributed by atoms with E-state index >= 15 is 0 Å². The second-order valence-corrected chi connectivity index (χ2v) is 4.55. The summed E-state index contributed by atoms with van der Waals surface area (Å²) in [4.78, 5) is 11.0. The molecule has 3 heteroatoms. The molecule has 0 heterocycles. The van der Waals surface area contributed by atoms with Crippen LogP contribution < -0.4 is 0 Å². The third-order valence-electron chi connectivity index (χ3n) is 2.85. The summed E-state index contributed by atoms with van der Waals surface area (Å²) in [5.74, 6) is -0.945. The Labute approximate surface area is 111 Å². The lowest BCUT2D eigenvalue weighted by atomic mass is 9.89. The number of hydrogen-bond donors (Lipinski definition) is 1. The highest BCUT2D eigenvalue weighted by atomic mass is 35.5. The Morgan fingerprint density at radius 2 is 1.56 bits per heavy atom. The number of benzene rings is 2. The molecule has 0 bridgehead atoms. The van der Waals surface area contributed by atoms with E-state index in [0.29, 0.717) is 5.02 Å². The molecule has 0 fully saturated rings. The summed E-state index contributed by atoms with van der Waals surface area (Å²) < 4.78 is 0. The summed E-state index contributed by atoms with van der Waals surface area (Å²) in [6, 6.07) is 17.0. The van der Waals surface area contributed by atoms with Gasteiger partial charge in [0.15, 0.2) is 0 Å². The molecule has 1 atom stereocenters. The summed E-state index contributed by atoms with van der Waals surface area (Å²) in [5.41, 5.74) is 1.97. The molecule has 1 unspecified atom stereocenters. The van der Waals surface area contributed by atoms with Crippen molar-refractivity contribution in [3.63, 3.8) is 0 Å². The second-order valence-electron chi connectivity index (χ2n) is 4.11. The molecule has 0 saturated heterocycles. The maximum atomic E-state index is 11.0. The van der Waals surface area contributed by atoms with Gasteiger partial charge >= 0.3 is 5.97 Å². The third-order valence-corrected chi connectivity index (χ3v) is 3.11. The molecule has 2 aromatic carbocycles. The molecule has 0 aliphatic heterocycles. The monoisotopic (exact) mass is 260 g/mol. The van der Waals surface area contributed by atoms with Gasteiger partial charge in [-0.1, -0.05) is 54.1 Å². The van der Waals surface area contributed by atoms with Crippen molar-refractivity contribution in [1.29, 1.82) is 0 Å². The van der Waals surface area contributed by atoms with Gasteiger partial charge in [-0.15, -0.1) is 0 Å². The number of carbonyl (C=O) groups is 1. The van der Waals surface area contributed by atoms with Gasteiger partial charge in [0.2, 0.25) is 0 Å². The molecule has 0 aromatic heterocycles. The Morgan fingerprint density at radius 3 is 2.11 bits per heavy atom. The van der Waals surface area contributed by atoms with Crippen LogP contribution in [-0.4, -0.2) is 11.1 Å². The maximum absolute atomic E-state index is 11.0. The van der Waals surface area contributed by atoms with E-state index in [2.05, 4.69) is 0 Å². The highest BCUT2D eigenvalue weighted by Gasteiger charge is 2.17. The van der Waals surface area contributed by atoms with E-state index in [1.165, 1.54) is 0 Å². The molecule has 0 saturated carbocycles. The van der Waals surface area contributed by atoms with Crippen molar-refractivity contribution < 1.29 is 9.90 Å². The number of carboxylic acids is 1. The molecular weight excluding hydrogens is 248 g/mol. The maximum Gasteiger partial charge on any atom is 0.304 e. The zero-order chi connectivity index (χ0) is 13.0. The Balaban J connectivity index is 2.36. The first-order chi connectivity index (χ1) is 8.66. The predicted molar refractivity (Wildman–Crippen MR) is 72.0 cm³/mol. The number of halogens is 1. The van der Waals surface area contributed by atoms with Crippen LogP contribution >= 0.6 is 11.6 Å². The van der Waals surface area contributed by atoms with Gasteiger partial charge in [-0.2, -0.15) is 0 Å². The van der Waals surface area contributed by atoms with E-state index in [0.717, 1.165) is 11.1 Å². The van der Waals surface area contributed by atoms with Gasteiger partial charge in [-0.05, 0) is 23.3 Å². The van der Waals surface area contributed by atoms with Crippen molar-refractivity contribution in [2.45, 2.75) is 12.3 Å². The average molecular weight is 261 g/mol. The number of rotatable bonds is 4. The molecule has 18 heavy (non-hydrogen) atoms. The van der Waals surface area contributed by atoms with Gasteiger partial charge in [-0.3, -0.25) is 4.79 Å². The lowest BCUT2D eigenvalue weighted by molar-refractivity contribution is -0.137. The van der Waals surface area contributed by atoms with Gasteiger partial charge in [-0.25, -0.2) is 0 Å². The minimum atomic E-state index is -0.807. The van der Waals surface area contributed by atoms with Crippen LogP contribution in [0, 0.1) is 0 Å². The van der Waals surface area contributed by atoms with Gasteiger partial charge < -0.3 is 5.11 Å². The first-order valence-electron chi connectivity index (χ1n) is 5.69. The van der Waals surface area contributed by atoms with Crippen LogP contribution in [0.3, 0.4) is 0 Å². The van der Waals surface area contributed by atoms with E-state index in [9.17, 15) is 4.79 Å². The Hall–Kier alpha value is -1.80. The molecule has 92 valence electrons. The molecule has 2 rings (SSSR count). The molecular formula is C15H13ClO2.